The molecule has 1 heterocycles. The normalized spacial score (nSPS) is 21.0. The van der Waals surface area contributed by atoms with Crippen LogP contribution in [-0.2, 0) is 4.79 Å². The van der Waals surface area contributed by atoms with Gasteiger partial charge in [0.1, 0.15) is 0 Å². The van der Waals surface area contributed by atoms with E-state index in [-0.39, 0.29) is 5.91 Å². The molecule has 2 saturated carbocycles. The fourth-order valence-electron chi connectivity index (χ4n) is 4.82. The highest BCUT2D eigenvalue weighted by atomic mass is 16.2. The summed E-state index contributed by atoms with van der Waals surface area (Å²) in [6.07, 6.45) is 11.9. The van der Waals surface area contributed by atoms with Gasteiger partial charge in [-0.3, -0.25) is 9.69 Å². The fourth-order valence-corrected chi connectivity index (χ4v) is 4.82. The van der Waals surface area contributed by atoms with Crippen molar-refractivity contribution < 1.29 is 4.79 Å². The van der Waals surface area contributed by atoms with Crippen LogP contribution >= 0.6 is 0 Å². The molecule has 3 fully saturated rings. The van der Waals surface area contributed by atoms with Gasteiger partial charge in [-0.15, -0.1) is 0 Å². The Labute approximate surface area is 164 Å². The van der Waals surface area contributed by atoms with Gasteiger partial charge in [-0.05, 0) is 75.1 Å². The van der Waals surface area contributed by atoms with Crippen molar-refractivity contribution in [3.63, 3.8) is 0 Å². The summed E-state index contributed by atoms with van der Waals surface area (Å²) in [5, 5.41) is 3.18. The number of rotatable bonds is 7. The van der Waals surface area contributed by atoms with E-state index in [0.29, 0.717) is 12.6 Å². The molecule has 2 aliphatic carbocycles. The molecule has 0 unspecified atom stereocenters. The van der Waals surface area contributed by atoms with Gasteiger partial charge < -0.3 is 10.2 Å². The van der Waals surface area contributed by atoms with E-state index in [1.807, 2.05) is 0 Å². The van der Waals surface area contributed by atoms with Crippen molar-refractivity contribution >= 4 is 17.3 Å². The zero-order chi connectivity index (χ0) is 18.6. The van der Waals surface area contributed by atoms with Crippen LogP contribution in [0.3, 0.4) is 0 Å². The van der Waals surface area contributed by atoms with E-state index >= 15 is 0 Å². The zero-order valence-corrected chi connectivity index (χ0v) is 16.9. The number of nitrogens with zero attached hydrogens (tertiary/aromatic N) is 2. The second-order valence-electron chi connectivity index (χ2n) is 8.91. The highest BCUT2D eigenvalue weighted by Gasteiger charge is 2.32. The van der Waals surface area contributed by atoms with Crippen LogP contribution in [0.5, 0.6) is 0 Å². The minimum atomic E-state index is 0.148. The van der Waals surface area contributed by atoms with Crippen LogP contribution in [0.15, 0.2) is 18.2 Å². The van der Waals surface area contributed by atoms with Gasteiger partial charge >= 0.3 is 0 Å². The molecule has 1 aromatic carbocycles. The molecule has 0 bridgehead atoms. The minimum Gasteiger partial charge on any atom is -0.372 e. The molecule has 0 aromatic heterocycles. The maximum Gasteiger partial charge on any atom is 0.238 e. The van der Waals surface area contributed by atoms with Crippen molar-refractivity contribution in [1.82, 2.24) is 4.90 Å². The molecule has 148 valence electrons. The highest BCUT2D eigenvalue weighted by Crippen LogP contribution is 2.31. The lowest BCUT2D eigenvalue weighted by molar-refractivity contribution is -0.117. The predicted octanol–water partition coefficient (Wildman–Crippen LogP) is 4.58. The molecule has 1 aromatic rings. The van der Waals surface area contributed by atoms with E-state index in [1.165, 1.54) is 63.5 Å². The first kappa shape index (κ1) is 18.8. The largest absolute Gasteiger partial charge is 0.372 e. The topological polar surface area (TPSA) is 35.6 Å². The molecule has 4 nitrogen and oxygen atoms in total. The number of amides is 1. The lowest BCUT2D eigenvalue weighted by atomic mass is 9.89. The Morgan fingerprint density at radius 1 is 1.07 bits per heavy atom. The van der Waals surface area contributed by atoms with Crippen LogP contribution in [0.25, 0.3) is 0 Å². The number of carbonyl (C=O) groups excluding carboxylic acids is 1. The van der Waals surface area contributed by atoms with Crippen LogP contribution in [0.1, 0.15) is 63.4 Å². The number of anilines is 2. The smallest absolute Gasteiger partial charge is 0.238 e. The number of benzene rings is 1. The minimum absolute atomic E-state index is 0.148. The molecule has 0 atom stereocenters. The third kappa shape index (κ3) is 5.04. The van der Waals surface area contributed by atoms with Crippen LogP contribution in [-0.4, -0.2) is 43.0 Å². The Kier molecular flexibility index (Phi) is 6.01. The molecular formula is C23H35N3O. The first-order chi connectivity index (χ1) is 13.2. The van der Waals surface area contributed by atoms with E-state index < -0.39 is 0 Å². The summed E-state index contributed by atoms with van der Waals surface area (Å²) in [6, 6.07) is 7.12. The molecule has 4 rings (SSSR count). The van der Waals surface area contributed by atoms with Crippen LogP contribution in [0, 0.1) is 12.8 Å². The molecule has 0 spiro atoms. The fraction of sp³-hybridized carbons (Fsp3) is 0.696. The van der Waals surface area contributed by atoms with E-state index in [9.17, 15) is 4.79 Å². The summed E-state index contributed by atoms with van der Waals surface area (Å²) in [5.74, 6) is 0.948. The van der Waals surface area contributed by atoms with Gasteiger partial charge in [0, 0.05) is 37.1 Å². The summed E-state index contributed by atoms with van der Waals surface area (Å²) in [6.45, 7) is 6.08. The van der Waals surface area contributed by atoms with Gasteiger partial charge in [0.15, 0.2) is 0 Å². The number of hydrogen-bond acceptors (Lipinski definition) is 3. The standard InChI is InChI=1S/C23H35N3O/c1-18-15-21(25-13-5-6-14-25)11-12-22(18)24-23(27)17-26(20-9-10-20)16-19-7-3-2-4-8-19/h11-12,15,19-20H,2-10,13-14,16-17H2,1H3,(H,24,27). The molecule has 27 heavy (non-hydrogen) atoms. The maximum absolute atomic E-state index is 12.7. The summed E-state index contributed by atoms with van der Waals surface area (Å²) in [4.78, 5) is 17.6. The van der Waals surface area contributed by atoms with Crippen molar-refractivity contribution in [3.05, 3.63) is 23.8 Å². The van der Waals surface area contributed by atoms with Crippen LogP contribution in [0.4, 0.5) is 11.4 Å². The van der Waals surface area contributed by atoms with Crippen molar-refractivity contribution in [1.29, 1.82) is 0 Å². The molecule has 1 aliphatic heterocycles. The second kappa shape index (κ2) is 8.64. The summed E-state index contributed by atoms with van der Waals surface area (Å²) < 4.78 is 0. The van der Waals surface area contributed by atoms with E-state index in [1.54, 1.807) is 0 Å². The number of aryl methyl sites for hydroxylation is 1. The van der Waals surface area contributed by atoms with Crippen molar-refractivity contribution in [2.45, 2.75) is 70.8 Å². The number of hydrogen-bond donors (Lipinski definition) is 1. The lowest BCUT2D eigenvalue weighted by Crippen LogP contribution is -2.38. The molecule has 0 radical (unpaired) electrons. The number of carbonyl (C=O) groups is 1. The Balaban J connectivity index is 1.33. The third-order valence-corrected chi connectivity index (χ3v) is 6.58. The molecule has 1 N–H and O–H groups in total. The predicted molar refractivity (Wildman–Crippen MR) is 112 cm³/mol. The monoisotopic (exact) mass is 369 g/mol. The van der Waals surface area contributed by atoms with Crippen LogP contribution in [0.2, 0.25) is 0 Å². The maximum atomic E-state index is 12.7. The SMILES string of the molecule is Cc1cc(N2CCCC2)ccc1NC(=O)CN(CC1CCCCC1)C1CC1. The van der Waals surface area contributed by atoms with Gasteiger partial charge in [0.05, 0.1) is 6.54 Å². The van der Waals surface area contributed by atoms with E-state index in [2.05, 4.69) is 40.2 Å². The Morgan fingerprint density at radius 2 is 1.81 bits per heavy atom. The van der Waals surface area contributed by atoms with Gasteiger partial charge in [-0.2, -0.15) is 0 Å². The summed E-state index contributed by atoms with van der Waals surface area (Å²) in [7, 11) is 0. The Hall–Kier alpha value is -1.55. The zero-order valence-electron chi connectivity index (χ0n) is 16.9. The van der Waals surface area contributed by atoms with E-state index in [0.717, 1.165) is 36.8 Å². The van der Waals surface area contributed by atoms with Gasteiger partial charge in [0.2, 0.25) is 5.91 Å². The third-order valence-electron chi connectivity index (χ3n) is 6.58. The molecule has 1 amide bonds. The summed E-state index contributed by atoms with van der Waals surface area (Å²) >= 11 is 0. The second-order valence-corrected chi connectivity index (χ2v) is 8.91. The van der Waals surface area contributed by atoms with Gasteiger partial charge in [-0.25, -0.2) is 0 Å². The van der Waals surface area contributed by atoms with E-state index in [4.69, 9.17) is 0 Å². The molecule has 3 aliphatic rings. The lowest BCUT2D eigenvalue weighted by Gasteiger charge is -2.29. The average Bonchev–Trinajstić information content (AvgIpc) is 3.38. The van der Waals surface area contributed by atoms with Crippen molar-refractivity contribution in [2.75, 3.05) is 36.4 Å². The van der Waals surface area contributed by atoms with Gasteiger partial charge in [-0.1, -0.05) is 19.3 Å². The molecule has 4 heteroatoms. The van der Waals surface area contributed by atoms with Crippen molar-refractivity contribution in [3.8, 4) is 0 Å². The quantitative estimate of drug-likeness (QED) is 0.764. The summed E-state index contributed by atoms with van der Waals surface area (Å²) in [5.41, 5.74) is 3.43. The van der Waals surface area contributed by atoms with Crippen molar-refractivity contribution in [2.24, 2.45) is 5.92 Å². The molecular weight excluding hydrogens is 334 g/mol. The number of nitrogens with one attached hydrogen (secondary N) is 1. The Bertz CT molecular complexity index is 643. The Morgan fingerprint density at radius 3 is 2.48 bits per heavy atom. The first-order valence-corrected chi connectivity index (χ1v) is 11.1. The average molecular weight is 370 g/mol. The first-order valence-electron chi connectivity index (χ1n) is 11.1. The van der Waals surface area contributed by atoms with Crippen LogP contribution < -0.4 is 10.2 Å². The highest BCUT2D eigenvalue weighted by molar-refractivity contribution is 5.93. The molecule has 1 saturated heterocycles. The van der Waals surface area contributed by atoms with Gasteiger partial charge in [0.25, 0.3) is 0 Å².